The summed E-state index contributed by atoms with van der Waals surface area (Å²) in [5, 5.41) is 0. The van der Waals surface area contributed by atoms with Crippen molar-refractivity contribution in [1.29, 1.82) is 0 Å². The summed E-state index contributed by atoms with van der Waals surface area (Å²) in [7, 11) is 0. The molecule has 30 heavy (non-hydrogen) atoms. The Labute approximate surface area is 172 Å². The second-order valence-electron chi connectivity index (χ2n) is 7.18. The monoisotopic (exact) mass is 416 g/mol. The normalized spacial score (nSPS) is 12.2. The van der Waals surface area contributed by atoms with Crippen LogP contribution in [0.2, 0.25) is 0 Å². The Morgan fingerprint density at radius 3 is 2.30 bits per heavy atom. The van der Waals surface area contributed by atoms with Crippen molar-refractivity contribution < 1.29 is 27.0 Å². The zero-order valence-corrected chi connectivity index (χ0v) is 16.6. The minimum absolute atomic E-state index is 0.0218. The highest BCUT2D eigenvalue weighted by Crippen LogP contribution is 2.45. The van der Waals surface area contributed by atoms with Gasteiger partial charge in [-0.2, -0.15) is 8.78 Å². The largest absolute Gasteiger partial charge is 0.491 e. The lowest BCUT2D eigenvalue weighted by Gasteiger charge is -2.23. The average Bonchev–Trinajstić information content (AvgIpc) is 2.73. The van der Waals surface area contributed by atoms with Crippen LogP contribution in [0.1, 0.15) is 37.0 Å². The maximum atomic E-state index is 14.9. The van der Waals surface area contributed by atoms with Gasteiger partial charge in [0.25, 0.3) is 0 Å². The van der Waals surface area contributed by atoms with Crippen LogP contribution in [0.4, 0.5) is 17.6 Å². The van der Waals surface area contributed by atoms with Crippen molar-refractivity contribution in [2.75, 3.05) is 6.61 Å². The molecule has 1 heterocycles. The lowest BCUT2D eigenvalue weighted by atomic mass is 9.94. The summed E-state index contributed by atoms with van der Waals surface area (Å²) >= 11 is 0. The molecule has 0 N–H and O–H groups in total. The molecule has 0 bridgehead atoms. The fraction of sp³-hybridized carbons (Fsp3) is 0.250. The van der Waals surface area contributed by atoms with Crippen molar-refractivity contribution in [3.63, 3.8) is 0 Å². The molecule has 2 nitrogen and oxygen atoms in total. The number of hydrogen-bond donors (Lipinski definition) is 0. The van der Waals surface area contributed by atoms with Gasteiger partial charge in [-0.15, -0.1) is 0 Å². The van der Waals surface area contributed by atoms with E-state index in [9.17, 15) is 17.6 Å². The molecule has 4 rings (SSSR count). The van der Waals surface area contributed by atoms with Gasteiger partial charge in [-0.1, -0.05) is 31.5 Å². The number of fused-ring (bicyclic) bond motifs is 2. The summed E-state index contributed by atoms with van der Waals surface area (Å²) in [6.07, 6.45) is 1.66. The van der Waals surface area contributed by atoms with Gasteiger partial charge >= 0.3 is 0 Å². The number of halogens is 4. The molecule has 0 saturated heterocycles. The Morgan fingerprint density at radius 1 is 0.833 bits per heavy atom. The van der Waals surface area contributed by atoms with E-state index in [0.717, 1.165) is 12.0 Å². The molecule has 3 aromatic rings. The first-order valence-corrected chi connectivity index (χ1v) is 9.86. The Bertz CT molecular complexity index is 1120. The Hall–Kier alpha value is -3.02. The van der Waals surface area contributed by atoms with E-state index < -0.39 is 23.3 Å². The van der Waals surface area contributed by atoms with Crippen LogP contribution in [0.3, 0.4) is 0 Å². The van der Waals surface area contributed by atoms with Crippen molar-refractivity contribution in [3.8, 4) is 28.4 Å². The van der Waals surface area contributed by atoms with Gasteiger partial charge in [-0.05, 0) is 37.1 Å². The number of aryl methyl sites for hydroxylation is 1. The maximum Gasteiger partial charge on any atom is 0.207 e. The summed E-state index contributed by atoms with van der Waals surface area (Å²) in [4.78, 5) is 0. The SMILES string of the molecule is CCCc1ccc(-c2cc3c(c(F)c2F)Oc2c(ccc(OCC)c2F)C3)c(F)c1. The Balaban J connectivity index is 1.78. The number of benzene rings is 3. The molecule has 0 unspecified atom stereocenters. The minimum atomic E-state index is -1.27. The standard InChI is InChI=1S/C24H20F4O2/c1-3-5-13-6-8-16(18(25)10-13)17-12-15-11-14-7-9-19(29-4-2)21(27)23(14)30-24(15)22(28)20(17)26/h6-10,12H,3-5,11H2,1-2H3. The van der Waals surface area contributed by atoms with Gasteiger partial charge in [-0.25, -0.2) is 8.78 Å². The summed E-state index contributed by atoms with van der Waals surface area (Å²) < 4.78 is 69.6. The van der Waals surface area contributed by atoms with E-state index in [1.807, 2.05) is 6.92 Å². The van der Waals surface area contributed by atoms with Crippen LogP contribution >= 0.6 is 0 Å². The smallest absolute Gasteiger partial charge is 0.207 e. The van der Waals surface area contributed by atoms with E-state index in [-0.39, 0.29) is 41.4 Å². The van der Waals surface area contributed by atoms with Gasteiger partial charge < -0.3 is 9.47 Å². The van der Waals surface area contributed by atoms with E-state index in [1.165, 1.54) is 24.3 Å². The van der Waals surface area contributed by atoms with Crippen LogP contribution in [0.25, 0.3) is 11.1 Å². The zero-order chi connectivity index (χ0) is 21.4. The molecule has 156 valence electrons. The third-order valence-electron chi connectivity index (χ3n) is 5.13. The van der Waals surface area contributed by atoms with Crippen LogP contribution in [0.15, 0.2) is 36.4 Å². The van der Waals surface area contributed by atoms with Gasteiger partial charge in [0.05, 0.1) is 6.61 Å². The molecule has 0 saturated carbocycles. The summed E-state index contributed by atoms with van der Waals surface area (Å²) in [6, 6.07) is 8.95. The van der Waals surface area contributed by atoms with Crippen molar-refractivity contribution in [1.82, 2.24) is 0 Å². The van der Waals surface area contributed by atoms with E-state index >= 15 is 0 Å². The summed E-state index contributed by atoms with van der Waals surface area (Å²) in [6.45, 7) is 3.93. The highest BCUT2D eigenvalue weighted by atomic mass is 19.2. The fourth-order valence-corrected chi connectivity index (χ4v) is 3.72. The number of ether oxygens (including phenoxy) is 2. The van der Waals surface area contributed by atoms with E-state index in [0.29, 0.717) is 17.5 Å². The molecule has 0 aromatic heterocycles. The molecule has 0 atom stereocenters. The minimum Gasteiger partial charge on any atom is -0.491 e. The predicted octanol–water partition coefficient (Wildman–Crippen LogP) is 6.96. The van der Waals surface area contributed by atoms with Crippen molar-refractivity contribution in [2.24, 2.45) is 0 Å². The second-order valence-corrected chi connectivity index (χ2v) is 7.18. The van der Waals surface area contributed by atoms with Gasteiger partial charge in [-0.3, -0.25) is 0 Å². The highest BCUT2D eigenvalue weighted by molar-refractivity contribution is 5.69. The van der Waals surface area contributed by atoms with Crippen LogP contribution in [-0.2, 0) is 12.8 Å². The third kappa shape index (κ3) is 3.40. The summed E-state index contributed by atoms with van der Waals surface area (Å²) in [5.41, 5.74) is 1.36. The molecule has 6 heteroatoms. The van der Waals surface area contributed by atoms with E-state index in [4.69, 9.17) is 9.47 Å². The molecule has 0 radical (unpaired) electrons. The highest BCUT2D eigenvalue weighted by Gasteiger charge is 2.29. The first-order valence-electron chi connectivity index (χ1n) is 9.86. The topological polar surface area (TPSA) is 18.5 Å². The number of hydrogen-bond acceptors (Lipinski definition) is 2. The molecule has 0 fully saturated rings. The fourth-order valence-electron chi connectivity index (χ4n) is 3.72. The van der Waals surface area contributed by atoms with Crippen LogP contribution in [-0.4, -0.2) is 6.61 Å². The number of rotatable bonds is 5. The van der Waals surface area contributed by atoms with Crippen molar-refractivity contribution >= 4 is 0 Å². The first-order chi connectivity index (χ1) is 14.4. The molecule has 0 aliphatic carbocycles. The van der Waals surface area contributed by atoms with Crippen molar-refractivity contribution in [3.05, 3.63) is 76.4 Å². The zero-order valence-electron chi connectivity index (χ0n) is 16.6. The van der Waals surface area contributed by atoms with Gasteiger partial charge in [0.2, 0.25) is 11.6 Å². The predicted molar refractivity (Wildman–Crippen MR) is 106 cm³/mol. The molecule has 0 spiro atoms. The molecule has 0 amide bonds. The lowest BCUT2D eigenvalue weighted by molar-refractivity contribution is 0.310. The Morgan fingerprint density at radius 2 is 1.60 bits per heavy atom. The van der Waals surface area contributed by atoms with Crippen LogP contribution < -0.4 is 9.47 Å². The molecule has 3 aromatic carbocycles. The quantitative estimate of drug-likeness (QED) is 0.328. The van der Waals surface area contributed by atoms with E-state index in [1.54, 1.807) is 19.1 Å². The lowest BCUT2D eigenvalue weighted by Crippen LogP contribution is -2.10. The molecular weight excluding hydrogens is 396 g/mol. The molecule has 1 aliphatic rings. The Kier molecular flexibility index (Phi) is 5.41. The maximum absolute atomic E-state index is 14.9. The first kappa shape index (κ1) is 20.3. The summed E-state index contributed by atoms with van der Waals surface area (Å²) in [5.74, 6) is -4.49. The van der Waals surface area contributed by atoms with Gasteiger partial charge in [0, 0.05) is 28.7 Å². The molecular formula is C24H20F4O2. The average molecular weight is 416 g/mol. The third-order valence-corrected chi connectivity index (χ3v) is 5.13. The van der Waals surface area contributed by atoms with E-state index in [2.05, 4.69) is 0 Å². The van der Waals surface area contributed by atoms with Gasteiger partial charge in [0.15, 0.2) is 23.1 Å². The second kappa shape index (κ2) is 8.01. The molecule has 1 aliphatic heterocycles. The van der Waals surface area contributed by atoms with Gasteiger partial charge in [0.1, 0.15) is 5.82 Å². The van der Waals surface area contributed by atoms with Crippen LogP contribution in [0.5, 0.6) is 17.2 Å². The van der Waals surface area contributed by atoms with Crippen LogP contribution in [0, 0.1) is 23.3 Å². The van der Waals surface area contributed by atoms with Crippen molar-refractivity contribution in [2.45, 2.75) is 33.1 Å².